The number of carboxylic acids is 1. The van der Waals surface area contributed by atoms with Gasteiger partial charge in [-0.25, -0.2) is 4.79 Å². The summed E-state index contributed by atoms with van der Waals surface area (Å²) in [4.78, 5) is 21.4. The van der Waals surface area contributed by atoms with Crippen molar-refractivity contribution >= 4 is 12.0 Å². The molecule has 0 unspecified atom stereocenters. The minimum atomic E-state index is -0.855. The first-order valence-electron chi connectivity index (χ1n) is 5.40. The molecule has 1 atom stereocenters. The molecule has 0 heterocycles. The molecular formula is C10H20N2O4. The predicted molar refractivity (Wildman–Crippen MR) is 59.4 cm³/mol. The number of amides is 2. The molecule has 0 saturated carbocycles. The monoisotopic (exact) mass is 232 g/mol. The van der Waals surface area contributed by atoms with Crippen molar-refractivity contribution in [1.29, 1.82) is 0 Å². The zero-order valence-electron chi connectivity index (χ0n) is 9.78. The number of carbonyl (C=O) groups is 2. The Morgan fingerprint density at radius 2 is 2.12 bits per heavy atom. The number of hydrogen-bond acceptors (Lipinski definition) is 3. The Bertz CT molecular complexity index is 221. The van der Waals surface area contributed by atoms with Crippen molar-refractivity contribution in [2.24, 2.45) is 0 Å². The van der Waals surface area contributed by atoms with E-state index in [1.54, 1.807) is 0 Å². The van der Waals surface area contributed by atoms with E-state index >= 15 is 0 Å². The summed E-state index contributed by atoms with van der Waals surface area (Å²) in [5.74, 6) is -0.855. The zero-order valence-corrected chi connectivity index (χ0v) is 9.78. The van der Waals surface area contributed by atoms with E-state index < -0.39 is 5.97 Å². The van der Waals surface area contributed by atoms with Gasteiger partial charge in [-0.15, -0.1) is 0 Å². The fourth-order valence-electron chi connectivity index (χ4n) is 1.05. The van der Waals surface area contributed by atoms with Gasteiger partial charge in [-0.05, 0) is 20.3 Å². The van der Waals surface area contributed by atoms with Crippen LogP contribution in [0.3, 0.4) is 0 Å². The highest BCUT2D eigenvalue weighted by atomic mass is 16.5. The number of nitrogens with one attached hydrogen (secondary N) is 2. The molecule has 94 valence electrons. The molecule has 0 rings (SSSR count). The molecule has 0 aromatic rings. The van der Waals surface area contributed by atoms with Gasteiger partial charge in [0.2, 0.25) is 0 Å². The van der Waals surface area contributed by atoms with Crippen molar-refractivity contribution in [1.82, 2.24) is 10.6 Å². The SMILES string of the molecule is CCOC[C@H](C)NC(=O)NCCCC(=O)O. The van der Waals surface area contributed by atoms with Gasteiger partial charge in [-0.1, -0.05) is 0 Å². The van der Waals surface area contributed by atoms with Gasteiger partial charge in [0.05, 0.1) is 12.6 Å². The summed E-state index contributed by atoms with van der Waals surface area (Å²) < 4.78 is 5.13. The molecule has 0 aliphatic heterocycles. The van der Waals surface area contributed by atoms with E-state index in [1.807, 2.05) is 13.8 Å². The van der Waals surface area contributed by atoms with E-state index in [0.29, 0.717) is 26.2 Å². The summed E-state index contributed by atoms with van der Waals surface area (Å²) >= 11 is 0. The third-order valence-electron chi connectivity index (χ3n) is 1.80. The number of rotatable bonds is 8. The maximum Gasteiger partial charge on any atom is 0.315 e. The van der Waals surface area contributed by atoms with E-state index in [2.05, 4.69) is 10.6 Å². The molecule has 0 aromatic heterocycles. The molecule has 0 saturated heterocycles. The van der Waals surface area contributed by atoms with Crippen LogP contribution in [0.4, 0.5) is 4.79 Å². The van der Waals surface area contributed by atoms with Gasteiger partial charge in [0, 0.05) is 19.6 Å². The van der Waals surface area contributed by atoms with E-state index in [1.165, 1.54) is 0 Å². The third-order valence-corrected chi connectivity index (χ3v) is 1.80. The summed E-state index contributed by atoms with van der Waals surface area (Å²) in [5, 5.41) is 13.6. The van der Waals surface area contributed by atoms with Crippen LogP contribution in [0.15, 0.2) is 0 Å². The van der Waals surface area contributed by atoms with Crippen molar-refractivity contribution in [3.05, 3.63) is 0 Å². The number of carboxylic acid groups (broad SMARTS) is 1. The highest BCUT2D eigenvalue weighted by Crippen LogP contribution is 1.87. The molecule has 3 N–H and O–H groups in total. The largest absolute Gasteiger partial charge is 0.481 e. The Balaban J connectivity index is 3.46. The van der Waals surface area contributed by atoms with Crippen molar-refractivity contribution in [2.45, 2.75) is 32.7 Å². The summed E-state index contributed by atoms with van der Waals surface area (Å²) in [5.41, 5.74) is 0. The highest BCUT2D eigenvalue weighted by Gasteiger charge is 2.06. The van der Waals surface area contributed by atoms with Crippen LogP contribution in [-0.4, -0.2) is 42.9 Å². The Hall–Kier alpha value is -1.30. The summed E-state index contributed by atoms with van der Waals surface area (Å²) in [7, 11) is 0. The fourth-order valence-corrected chi connectivity index (χ4v) is 1.05. The lowest BCUT2D eigenvalue weighted by Crippen LogP contribution is -2.43. The Morgan fingerprint density at radius 1 is 1.44 bits per heavy atom. The summed E-state index contributed by atoms with van der Waals surface area (Å²) in [6.45, 7) is 5.18. The average molecular weight is 232 g/mol. The van der Waals surface area contributed by atoms with Gasteiger partial charge in [0.15, 0.2) is 0 Å². The molecule has 0 bridgehead atoms. The van der Waals surface area contributed by atoms with Crippen molar-refractivity contribution in [3.8, 4) is 0 Å². The summed E-state index contributed by atoms with van der Waals surface area (Å²) in [6.07, 6.45) is 0.497. The second-order valence-corrected chi connectivity index (χ2v) is 3.46. The average Bonchev–Trinajstić information content (AvgIpc) is 2.21. The lowest BCUT2D eigenvalue weighted by molar-refractivity contribution is -0.137. The van der Waals surface area contributed by atoms with Crippen LogP contribution in [0.25, 0.3) is 0 Å². The van der Waals surface area contributed by atoms with Crippen LogP contribution < -0.4 is 10.6 Å². The number of aliphatic carboxylic acids is 1. The molecule has 0 aliphatic carbocycles. The molecule has 16 heavy (non-hydrogen) atoms. The molecule has 2 amide bonds. The topological polar surface area (TPSA) is 87.7 Å². The van der Waals surface area contributed by atoms with Crippen molar-refractivity contribution in [3.63, 3.8) is 0 Å². The van der Waals surface area contributed by atoms with Crippen LogP contribution in [0.2, 0.25) is 0 Å². The van der Waals surface area contributed by atoms with E-state index in [4.69, 9.17) is 9.84 Å². The van der Waals surface area contributed by atoms with E-state index in [0.717, 1.165) is 0 Å². The van der Waals surface area contributed by atoms with E-state index in [9.17, 15) is 9.59 Å². The number of urea groups is 1. The smallest absolute Gasteiger partial charge is 0.315 e. The second kappa shape index (κ2) is 8.96. The maximum atomic E-state index is 11.2. The third kappa shape index (κ3) is 9.26. The number of carbonyl (C=O) groups excluding carboxylic acids is 1. The summed E-state index contributed by atoms with van der Waals surface area (Å²) in [6, 6.07) is -0.350. The van der Waals surface area contributed by atoms with E-state index in [-0.39, 0.29) is 18.5 Å². The molecule has 0 fully saturated rings. The molecule has 0 aliphatic rings. The van der Waals surface area contributed by atoms with Gasteiger partial charge in [-0.3, -0.25) is 4.79 Å². The van der Waals surface area contributed by atoms with Gasteiger partial charge < -0.3 is 20.5 Å². The quantitative estimate of drug-likeness (QED) is 0.534. The lowest BCUT2D eigenvalue weighted by atomic mass is 10.3. The van der Waals surface area contributed by atoms with Crippen LogP contribution >= 0.6 is 0 Å². The van der Waals surface area contributed by atoms with Crippen molar-refractivity contribution < 1.29 is 19.4 Å². The Kier molecular flexibility index (Phi) is 8.24. The first kappa shape index (κ1) is 14.7. The van der Waals surface area contributed by atoms with Gasteiger partial charge in [0.25, 0.3) is 0 Å². The molecule has 0 radical (unpaired) electrons. The van der Waals surface area contributed by atoms with Gasteiger partial charge in [0.1, 0.15) is 0 Å². The molecule has 6 nitrogen and oxygen atoms in total. The first-order valence-corrected chi connectivity index (χ1v) is 5.40. The van der Waals surface area contributed by atoms with Crippen LogP contribution in [0.5, 0.6) is 0 Å². The minimum absolute atomic E-state index is 0.0561. The Labute approximate surface area is 95.4 Å². The predicted octanol–water partition coefficient (Wildman–Crippen LogP) is 0.575. The first-order chi connectivity index (χ1) is 7.56. The lowest BCUT2D eigenvalue weighted by Gasteiger charge is -2.14. The second-order valence-electron chi connectivity index (χ2n) is 3.46. The van der Waals surface area contributed by atoms with Gasteiger partial charge >= 0.3 is 12.0 Å². The van der Waals surface area contributed by atoms with Gasteiger partial charge in [-0.2, -0.15) is 0 Å². The van der Waals surface area contributed by atoms with Crippen LogP contribution in [-0.2, 0) is 9.53 Å². The Morgan fingerprint density at radius 3 is 2.69 bits per heavy atom. The van der Waals surface area contributed by atoms with Crippen molar-refractivity contribution in [2.75, 3.05) is 19.8 Å². The molecule has 0 aromatic carbocycles. The van der Waals surface area contributed by atoms with Crippen LogP contribution in [0, 0.1) is 0 Å². The standard InChI is InChI=1S/C10H20N2O4/c1-3-16-7-8(2)12-10(15)11-6-4-5-9(13)14/h8H,3-7H2,1-2H3,(H,13,14)(H2,11,12,15)/t8-/m0/s1. The minimum Gasteiger partial charge on any atom is -0.481 e. The molecular weight excluding hydrogens is 212 g/mol. The maximum absolute atomic E-state index is 11.2. The fraction of sp³-hybridized carbons (Fsp3) is 0.800. The number of ether oxygens (including phenoxy) is 1. The molecule has 0 spiro atoms. The number of hydrogen-bond donors (Lipinski definition) is 3. The highest BCUT2D eigenvalue weighted by molar-refractivity contribution is 5.74. The normalized spacial score (nSPS) is 11.9. The molecule has 6 heteroatoms. The van der Waals surface area contributed by atoms with Crippen LogP contribution in [0.1, 0.15) is 26.7 Å². The zero-order chi connectivity index (χ0) is 12.4.